The lowest BCUT2D eigenvalue weighted by atomic mass is 9.61. The second-order valence-electron chi connectivity index (χ2n) is 6.84. The van der Waals surface area contributed by atoms with Gasteiger partial charge < -0.3 is 25.3 Å². The highest BCUT2D eigenvalue weighted by Crippen LogP contribution is 2.56. The van der Waals surface area contributed by atoms with Gasteiger partial charge in [-0.1, -0.05) is 12.8 Å². The Labute approximate surface area is 149 Å². The molecule has 0 aliphatic heterocycles. The first-order valence-electron chi connectivity index (χ1n) is 9.07. The fourth-order valence-corrected chi connectivity index (χ4v) is 4.28. The van der Waals surface area contributed by atoms with Gasteiger partial charge in [0, 0.05) is 18.1 Å². The van der Waals surface area contributed by atoms with Crippen LogP contribution in [0.2, 0.25) is 0 Å². The van der Waals surface area contributed by atoms with Gasteiger partial charge in [0.05, 0.1) is 32.1 Å². The second kappa shape index (κ2) is 7.52. The highest BCUT2D eigenvalue weighted by Gasteiger charge is 2.56. The van der Waals surface area contributed by atoms with Crippen molar-refractivity contribution in [3.8, 4) is 11.5 Å². The van der Waals surface area contributed by atoms with Crippen LogP contribution in [-0.4, -0.2) is 38.9 Å². The van der Waals surface area contributed by atoms with Gasteiger partial charge in [0.2, 0.25) is 0 Å². The maximum absolute atomic E-state index is 6.20. The van der Waals surface area contributed by atoms with E-state index in [0.29, 0.717) is 17.8 Å². The summed E-state index contributed by atoms with van der Waals surface area (Å²) in [5.74, 6) is 1.86. The summed E-state index contributed by atoms with van der Waals surface area (Å²) in [5.41, 5.74) is 7.14. The number of hydrogen-bond donors (Lipinski definition) is 2. The summed E-state index contributed by atoms with van der Waals surface area (Å²) in [5, 5.41) is 3.17. The molecule has 2 aliphatic rings. The largest absolute Gasteiger partial charge is 0.497 e. The van der Waals surface area contributed by atoms with Crippen molar-refractivity contribution in [1.29, 1.82) is 0 Å². The number of nitrogens with zero attached hydrogens (tertiary/aromatic N) is 1. The Balaban J connectivity index is 1.74. The van der Waals surface area contributed by atoms with Crippen LogP contribution >= 0.6 is 0 Å². The van der Waals surface area contributed by atoms with Gasteiger partial charge in [-0.2, -0.15) is 0 Å². The van der Waals surface area contributed by atoms with E-state index < -0.39 is 0 Å². The molecule has 2 fully saturated rings. The standard InChI is InChI=1S/C19H29N3O3/c1-4-25-17-12-16(19(17)9-5-6-10-19)22-18(20)21-14-11-13(23-2)7-8-15(14)24-3/h7-8,11,16-17H,4-6,9-10,12H2,1-3H3,(H3,20,21,22). The third-order valence-corrected chi connectivity index (χ3v) is 5.61. The van der Waals surface area contributed by atoms with Crippen LogP contribution in [0.15, 0.2) is 23.2 Å². The van der Waals surface area contributed by atoms with Crippen molar-refractivity contribution in [3.05, 3.63) is 18.2 Å². The van der Waals surface area contributed by atoms with E-state index in [-0.39, 0.29) is 11.5 Å². The number of anilines is 1. The molecule has 25 heavy (non-hydrogen) atoms. The van der Waals surface area contributed by atoms with Crippen LogP contribution < -0.4 is 20.5 Å². The van der Waals surface area contributed by atoms with Crippen molar-refractivity contribution in [2.45, 2.75) is 51.2 Å². The predicted octanol–water partition coefficient (Wildman–Crippen LogP) is 3.17. The Morgan fingerprint density at radius 1 is 1.28 bits per heavy atom. The maximum Gasteiger partial charge on any atom is 0.193 e. The molecule has 6 nitrogen and oxygen atoms in total. The van der Waals surface area contributed by atoms with E-state index in [2.05, 4.69) is 12.2 Å². The van der Waals surface area contributed by atoms with Crippen LogP contribution in [0.4, 0.5) is 5.69 Å². The molecule has 138 valence electrons. The molecule has 0 radical (unpaired) electrons. The molecule has 3 rings (SSSR count). The Morgan fingerprint density at radius 2 is 2.04 bits per heavy atom. The molecule has 1 spiro atoms. The molecule has 1 aromatic carbocycles. The highest BCUT2D eigenvalue weighted by atomic mass is 16.5. The van der Waals surface area contributed by atoms with Crippen molar-refractivity contribution >= 4 is 11.6 Å². The van der Waals surface area contributed by atoms with Gasteiger partial charge in [-0.25, -0.2) is 4.99 Å². The second-order valence-corrected chi connectivity index (χ2v) is 6.84. The maximum atomic E-state index is 6.20. The number of benzene rings is 1. The summed E-state index contributed by atoms with van der Waals surface area (Å²) in [6, 6.07) is 5.79. The highest BCUT2D eigenvalue weighted by molar-refractivity contribution is 5.94. The lowest BCUT2D eigenvalue weighted by Gasteiger charge is -2.52. The quantitative estimate of drug-likeness (QED) is 0.610. The first kappa shape index (κ1) is 17.9. The number of rotatable bonds is 6. The molecule has 0 heterocycles. The molecule has 2 atom stereocenters. The average molecular weight is 347 g/mol. The molecule has 2 aliphatic carbocycles. The Morgan fingerprint density at radius 3 is 2.68 bits per heavy atom. The number of aliphatic imine (C=N–C) groups is 1. The van der Waals surface area contributed by atoms with Crippen LogP contribution in [0.3, 0.4) is 0 Å². The number of guanidine groups is 1. The van der Waals surface area contributed by atoms with E-state index in [1.165, 1.54) is 25.7 Å². The molecule has 2 unspecified atom stereocenters. The fourth-order valence-electron chi connectivity index (χ4n) is 4.28. The third kappa shape index (κ3) is 3.40. The zero-order valence-corrected chi connectivity index (χ0v) is 15.4. The molecule has 0 bridgehead atoms. The molecule has 6 heteroatoms. The lowest BCUT2D eigenvalue weighted by Crippen LogP contribution is -2.56. The van der Waals surface area contributed by atoms with E-state index in [1.807, 2.05) is 18.2 Å². The third-order valence-electron chi connectivity index (χ3n) is 5.61. The molecule has 0 saturated heterocycles. The summed E-state index contributed by atoms with van der Waals surface area (Å²) >= 11 is 0. The molecule has 2 saturated carbocycles. The molecule has 0 amide bonds. The van der Waals surface area contributed by atoms with Crippen molar-refractivity contribution in [3.63, 3.8) is 0 Å². The average Bonchev–Trinajstić information content (AvgIpc) is 3.14. The van der Waals surface area contributed by atoms with Crippen molar-refractivity contribution in [1.82, 2.24) is 0 Å². The van der Waals surface area contributed by atoms with Crippen molar-refractivity contribution in [2.75, 3.05) is 26.1 Å². The molecular formula is C19H29N3O3. The van der Waals surface area contributed by atoms with Crippen LogP contribution in [0.5, 0.6) is 11.5 Å². The first-order chi connectivity index (χ1) is 12.1. The molecule has 3 N–H and O–H groups in total. The number of nitrogens with two attached hydrogens (primary N) is 1. The number of hydrogen-bond acceptors (Lipinski definition) is 4. The Kier molecular flexibility index (Phi) is 5.37. The van der Waals surface area contributed by atoms with Crippen LogP contribution in [0.1, 0.15) is 39.0 Å². The minimum atomic E-state index is 0.181. The van der Waals surface area contributed by atoms with Crippen LogP contribution in [0, 0.1) is 5.41 Å². The van der Waals surface area contributed by atoms with Crippen molar-refractivity contribution < 1.29 is 14.2 Å². The van der Waals surface area contributed by atoms with E-state index in [0.717, 1.165) is 24.5 Å². The van der Waals surface area contributed by atoms with Crippen LogP contribution in [0.25, 0.3) is 0 Å². The van der Waals surface area contributed by atoms with Gasteiger partial charge in [0.25, 0.3) is 0 Å². The van der Waals surface area contributed by atoms with E-state index in [1.54, 1.807) is 14.2 Å². The predicted molar refractivity (Wildman–Crippen MR) is 99.5 cm³/mol. The van der Waals surface area contributed by atoms with Gasteiger partial charge in [0.15, 0.2) is 5.96 Å². The fraction of sp³-hybridized carbons (Fsp3) is 0.632. The minimum absolute atomic E-state index is 0.181. The topological polar surface area (TPSA) is 78.1 Å². The van der Waals surface area contributed by atoms with Gasteiger partial charge in [0.1, 0.15) is 11.5 Å². The zero-order chi connectivity index (χ0) is 17.9. The summed E-state index contributed by atoms with van der Waals surface area (Å²) in [6.07, 6.45) is 6.15. The smallest absolute Gasteiger partial charge is 0.193 e. The van der Waals surface area contributed by atoms with Crippen molar-refractivity contribution in [2.24, 2.45) is 16.1 Å². The number of ether oxygens (including phenoxy) is 3. The van der Waals surface area contributed by atoms with Gasteiger partial charge in [-0.15, -0.1) is 0 Å². The van der Waals surface area contributed by atoms with Gasteiger partial charge >= 0.3 is 0 Å². The monoisotopic (exact) mass is 347 g/mol. The first-order valence-corrected chi connectivity index (χ1v) is 9.07. The molecule has 1 aromatic rings. The summed E-state index contributed by atoms with van der Waals surface area (Å²) < 4.78 is 16.6. The Hall–Kier alpha value is -1.95. The SMILES string of the molecule is CCOC1CC(N=C(N)Nc2cc(OC)ccc2OC)C12CCCC2. The Bertz CT molecular complexity index is 626. The van der Waals surface area contributed by atoms with E-state index in [9.17, 15) is 0 Å². The molecular weight excluding hydrogens is 318 g/mol. The van der Waals surface area contributed by atoms with Gasteiger partial charge in [-0.3, -0.25) is 0 Å². The summed E-state index contributed by atoms with van der Waals surface area (Å²) in [4.78, 5) is 4.78. The van der Waals surface area contributed by atoms with E-state index in [4.69, 9.17) is 24.9 Å². The summed E-state index contributed by atoms with van der Waals surface area (Å²) in [7, 11) is 3.27. The lowest BCUT2D eigenvalue weighted by molar-refractivity contribution is -0.119. The summed E-state index contributed by atoms with van der Waals surface area (Å²) in [6.45, 7) is 2.82. The van der Waals surface area contributed by atoms with E-state index >= 15 is 0 Å². The van der Waals surface area contributed by atoms with Crippen LogP contribution in [-0.2, 0) is 4.74 Å². The number of nitrogens with one attached hydrogen (secondary N) is 1. The molecule has 0 aromatic heterocycles. The minimum Gasteiger partial charge on any atom is -0.497 e. The number of methoxy groups -OCH3 is 2. The zero-order valence-electron chi connectivity index (χ0n) is 15.4. The normalized spacial score (nSPS) is 24.8. The van der Waals surface area contributed by atoms with Gasteiger partial charge in [-0.05, 0) is 38.3 Å².